The number of ketones is 1. The van der Waals surface area contributed by atoms with Crippen molar-refractivity contribution in [1.29, 1.82) is 0 Å². The normalized spacial score (nSPS) is 12.2. The molecule has 0 atom stereocenters. The van der Waals surface area contributed by atoms with E-state index >= 15 is 0 Å². The standard InChI is InChI=1S/C25H30N2O5S/c1-15(2)32-18-10-8-17(9-11-18)22-16(3)19(12-13-21(22)33(7,30)31)23(28)20-14-26-27(24(20)29)25(4,5)6/h8-15,29H,1-7H3. The maximum Gasteiger partial charge on any atom is 0.221 e. The molecule has 0 bridgehead atoms. The van der Waals surface area contributed by atoms with E-state index in [0.29, 0.717) is 28.0 Å². The summed E-state index contributed by atoms with van der Waals surface area (Å²) in [5.74, 6) is 0.0106. The molecule has 0 aliphatic carbocycles. The lowest BCUT2D eigenvalue weighted by Gasteiger charge is -2.20. The van der Waals surface area contributed by atoms with Crippen LogP contribution >= 0.6 is 0 Å². The molecule has 0 aliphatic rings. The second-order valence-corrected chi connectivity index (χ2v) is 11.4. The van der Waals surface area contributed by atoms with E-state index in [1.165, 1.54) is 23.0 Å². The maximum absolute atomic E-state index is 13.4. The summed E-state index contributed by atoms with van der Waals surface area (Å²) in [5, 5.41) is 14.8. The van der Waals surface area contributed by atoms with E-state index in [4.69, 9.17) is 4.74 Å². The molecule has 0 aliphatic heterocycles. The van der Waals surface area contributed by atoms with Crippen LogP contribution in [0.15, 0.2) is 47.5 Å². The minimum Gasteiger partial charge on any atom is -0.493 e. The third kappa shape index (κ3) is 4.95. The minimum atomic E-state index is -3.57. The van der Waals surface area contributed by atoms with Crippen LogP contribution in [0.2, 0.25) is 0 Å². The van der Waals surface area contributed by atoms with E-state index in [-0.39, 0.29) is 22.4 Å². The molecule has 1 aromatic heterocycles. The summed E-state index contributed by atoms with van der Waals surface area (Å²) in [6.45, 7) is 11.2. The molecule has 3 aromatic rings. The van der Waals surface area contributed by atoms with Gasteiger partial charge in [0.15, 0.2) is 15.6 Å². The predicted molar refractivity (Wildman–Crippen MR) is 128 cm³/mol. The Labute approximate surface area is 194 Å². The van der Waals surface area contributed by atoms with Crippen molar-refractivity contribution < 1.29 is 23.1 Å². The first-order chi connectivity index (χ1) is 15.2. The Morgan fingerprint density at radius 1 is 1.06 bits per heavy atom. The molecule has 176 valence electrons. The van der Waals surface area contributed by atoms with Gasteiger partial charge in [0.05, 0.1) is 22.7 Å². The van der Waals surface area contributed by atoms with Crippen LogP contribution in [-0.2, 0) is 15.4 Å². The van der Waals surface area contributed by atoms with Crippen molar-refractivity contribution in [2.75, 3.05) is 6.26 Å². The number of benzene rings is 2. The number of aromatic nitrogens is 2. The zero-order chi connectivity index (χ0) is 24.7. The van der Waals surface area contributed by atoms with Gasteiger partial charge in [0, 0.05) is 17.4 Å². The van der Waals surface area contributed by atoms with Gasteiger partial charge in [-0.2, -0.15) is 5.10 Å². The average Bonchev–Trinajstić information content (AvgIpc) is 3.08. The van der Waals surface area contributed by atoms with Crippen LogP contribution < -0.4 is 4.74 Å². The van der Waals surface area contributed by atoms with Crippen molar-refractivity contribution >= 4 is 15.6 Å². The Kier molecular flexibility index (Phi) is 6.44. The van der Waals surface area contributed by atoms with Crippen molar-refractivity contribution in [2.45, 2.75) is 58.1 Å². The molecule has 8 heteroatoms. The van der Waals surface area contributed by atoms with Crippen LogP contribution in [0, 0.1) is 6.92 Å². The number of carbonyl (C=O) groups excluding carboxylic acids is 1. The van der Waals surface area contributed by atoms with Gasteiger partial charge in [0.1, 0.15) is 11.3 Å². The van der Waals surface area contributed by atoms with Gasteiger partial charge in [-0.25, -0.2) is 13.1 Å². The van der Waals surface area contributed by atoms with Gasteiger partial charge in [-0.15, -0.1) is 0 Å². The predicted octanol–water partition coefficient (Wildman–Crippen LogP) is 4.74. The lowest BCUT2D eigenvalue weighted by molar-refractivity contribution is 0.103. The van der Waals surface area contributed by atoms with Crippen molar-refractivity contribution in [1.82, 2.24) is 9.78 Å². The molecule has 0 amide bonds. The first kappa shape index (κ1) is 24.5. The summed E-state index contributed by atoms with van der Waals surface area (Å²) >= 11 is 0. The fraction of sp³-hybridized carbons (Fsp3) is 0.360. The van der Waals surface area contributed by atoms with Crippen molar-refractivity contribution in [3.05, 3.63) is 59.3 Å². The van der Waals surface area contributed by atoms with Gasteiger partial charge < -0.3 is 9.84 Å². The molecule has 0 spiro atoms. The minimum absolute atomic E-state index is 0.00630. The van der Waals surface area contributed by atoms with Crippen molar-refractivity contribution in [3.8, 4) is 22.8 Å². The monoisotopic (exact) mass is 470 g/mol. The number of rotatable bonds is 6. The molecule has 2 aromatic carbocycles. The van der Waals surface area contributed by atoms with Gasteiger partial charge >= 0.3 is 0 Å². The lowest BCUT2D eigenvalue weighted by atomic mass is 9.92. The van der Waals surface area contributed by atoms with E-state index in [2.05, 4.69) is 5.10 Å². The fourth-order valence-corrected chi connectivity index (χ4v) is 4.67. The Morgan fingerprint density at radius 3 is 2.15 bits per heavy atom. The van der Waals surface area contributed by atoms with Crippen LogP contribution in [0.25, 0.3) is 11.1 Å². The molecule has 1 heterocycles. The second-order valence-electron chi connectivity index (χ2n) is 9.37. The largest absolute Gasteiger partial charge is 0.493 e. The number of aromatic hydroxyl groups is 1. The highest BCUT2D eigenvalue weighted by atomic mass is 32.2. The van der Waals surface area contributed by atoms with Crippen LogP contribution in [0.1, 0.15) is 56.1 Å². The number of hydrogen-bond acceptors (Lipinski definition) is 6. The number of carbonyl (C=O) groups is 1. The Morgan fingerprint density at radius 2 is 1.67 bits per heavy atom. The lowest BCUT2D eigenvalue weighted by Crippen LogP contribution is -2.22. The quantitative estimate of drug-likeness (QED) is 0.523. The first-order valence-corrected chi connectivity index (χ1v) is 12.5. The summed E-state index contributed by atoms with van der Waals surface area (Å²) in [6.07, 6.45) is 2.49. The molecular weight excluding hydrogens is 440 g/mol. The molecule has 3 rings (SSSR count). The number of sulfone groups is 1. The zero-order valence-electron chi connectivity index (χ0n) is 20.0. The van der Waals surface area contributed by atoms with E-state index in [1.54, 1.807) is 31.2 Å². The van der Waals surface area contributed by atoms with Gasteiger partial charge in [-0.05, 0) is 76.9 Å². The molecule has 1 N–H and O–H groups in total. The Bertz CT molecular complexity index is 1300. The topological polar surface area (TPSA) is 98.5 Å². The van der Waals surface area contributed by atoms with Gasteiger partial charge in [0.2, 0.25) is 5.88 Å². The van der Waals surface area contributed by atoms with E-state index in [9.17, 15) is 18.3 Å². The van der Waals surface area contributed by atoms with Crippen LogP contribution in [0.5, 0.6) is 11.6 Å². The molecule has 0 fully saturated rings. The van der Waals surface area contributed by atoms with E-state index in [1.807, 2.05) is 34.6 Å². The third-order valence-corrected chi connectivity index (χ3v) is 6.35. The zero-order valence-corrected chi connectivity index (χ0v) is 20.8. The maximum atomic E-state index is 13.4. The highest BCUT2D eigenvalue weighted by Gasteiger charge is 2.27. The Balaban J connectivity index is 2.17. The molecule has 33 heavy (non-hydrogen) atoms. The molecule has 0 saturated carbocycles. The van der Waals surface area contributed by atoms with Crippen LogP contribution in [0.4, 0.5) is 0 Å². The molecule has 7 nitrogen and oxygen atoms in total. The van der Waals surface area contributed by atoms with Gasteiger partial charge in [-0.1, -0.05) is 12.1 Å². The highest BCUT2D eigenvalue weighted by molar-refractivity contribution is 7.90. The number of hydrogen-bond donors (Lipinski definition) is 1. The summed E-state index contributed by atoms with van der Waals surface area (Å²) in [5.41, 5.74) is 1.44. The molecule has 0 saturated heterocycles. The number of ether oxygens (including phenoxy) is 1. The van der Waals surface area contributed by atoms with Crippen molar-refractivity contribution in [3.63, 3.8) is 0 Å². The van der Waals surface area contributed by atoms with E-state index in [0.717, 1.165) is 6.26 Å². The number of nitrogens with zero attached hydrogens (tertiary/aromatic N) is 2. The van der Waals surface area contributed by atoms with E-state index < -0.39 is 21.2 Å². The fourth-order valence-electron chi connectivity index (χ4n) is 3.71. The second kappa shape index (κ2) is 8.67. The molecule has 0 unspecified atom stereocenters. The first-order valence-electron chi connectivity index (χ1n) is 10.6. The summed E-state index contributed by atoms with van der Waals surface area (Å²) < 4.78 is 32.2. The SMILES string of the molecule is Cc1c(C(=O)c2cnn(C(C)(C)C)c2O)ccc(S(C)(=O)=O)c1-c1ccc(OC(C)C)cc1. The summed E-state index contributed by atoms with van der Waals surface area (Å²) in [6, 6.07) is 10.0. The van der Waals surface area contributed by atoms with Crippen molar-refractivity contribution in [2.24, 2.45) is 0 Å². The van der Waals surface area contributed by atoms with Gasteiger partial charge in [-0.3, -0.25) is 4.79 Å². The van der Waals surface area contributed by atoms with Crippen LogP contribution in [-0.4, -0.2) is 41.4 Å². The third-order valence-electron chi connectivity index (χ3n) is 5.21. The summed E-state index contributed by atoms with van der Waals surface area (Å²) in [7, 11) is -3.57. The highest BCUT2D eigenvalue weighted by Crippen LogP contribution is 2.36. The Hall–Kier alpha value is -3.13. The van der Waals surface area contributed by atoms with Gasteiger partial charge in [0.25, 0.3) is 0 Å². The van der Waals surface area contributed by atoms with Crippen LogP contribution in [0.3, 0.4) is 0 Å². The molecular formula is C25H30N2O5S. The summed E-state index contributed by atoms with van der Waals surface area (Å²) in [4.78, 5) is 13.5. The average molecular weight is 471 g/mol. The smallest absolute Gasteiger partial charge is 0.221 e. The molecule has 0 radical (unpaired) electrons.